The van der Waals surface area contributed by atoms with Gasteiger partial charge in [0, 0.05) is 6.42 Å². The highest BCUT2D eigenvalue weighted by Gasteiger charge is 2.38. The molecule has 28 heavy (non-hydrogen) atoms. The molecule has 0 radical (unpaired) electrons. The second-order valence-corrected chi connectivity index (χ2v) is 5.97. The molecule has 0 aliphatic rings. The monoisotopic (exact) mass is 389 g/mol. The number of carbonyl (C=O) groups excluding carboxylic acids is 2. The van der Waals surface area contributed by atoms with Crippen LogP contribution in [-0.4, -0.2) is 38.1 Å². The van der Waals surface area contributed by atoms with E-state index < -0.39 is 23.8 Å². The van der Waals surface area contributed by atoms with Gasteiger partial charge >= 0.3 is 11.9 Å². The largest absolute Gasteiger partial charge is 0.497 e. The van der Waals surface area contributed by atoms with Crippen molar-refractivity contribution in [2.75, 3.05) is 14.2 Å². The summed E-state index contributed by atoms with van der Waals surface area (Å²) in [6.07, 6.45) is 1.65. The Balaban J connectivity index is 2.08. The minimum atomic E-state index is -3.80. The summed E-state index contributed by atoms with van der Waals surface area (Å²) < 4.78 is 38.1. The van der Waals surface area contributed by atoms with E-state index in [0.717, 1.165) is 13.2 Å². The Morgan fingerprint density at radius 1 is 1.07 bits per heavy atom. The summed E-state index contributed by atoms with van der Waals surface area (Å²) in [5.74, 6) is -5.60. The van der Waals surface area contributed by atoms with Crippen LogP contribution in [0, 0.1) is 0 Å². The molecular formula is C21H21F2NO4. The molecule has 0 aliphatic carbocycles. The van der Waals surface area contributed by atoms with E-state index in [-0.39, 0.29) is 6.42 Å². The highest BCUT2D eigenvalue weighted by molar-refractivity contribution is 5.90. The van der Waals surface area contributed by atoms with Gasteiger partial charge in [-0.15, -0.1) is 0 Å². The maximum absolute atomic E-state index is 14.2. The van der Waals surface area contributed by atoms with Crippen LogP contribution < -0.4 is 10.1 Å². The van der Waals surface area contributed by atoms with Crippen LogP contribution >= 0.6 is 0 Å². The summed E-state index contributed by atoms with van der Waals surface area (Å²) in [6, 6.07) is 13.9. The van der Waals surface area contributed by atoms with Crippen molar-refractivity contribution in [1.29, 1.82) is 0 Å². The predicted octanol–water partition coefficient (Wildman–Crippen LogP) is 3.24. The van der Waals surface area contributed by atoms with Crippen molar-refractivity contribution in [1.82, 2.24) is 5.32 Å². The number of benzene rings is 2. The van der Waals surface area contributed by atoms with Crippen LogP contribution in [-0.2, 0) is 20.7 Å². The molecule has 2 rings (SSSR count). The molecule has 148 valence electrons. The molecule has 0 unspecified atom stereocenters. The Kier molecular flexibility index (Phi) is 7.26. The molecule has 0 spiro atoms. The lowest BCUT2D eigenvalue weighted by Crippen LogP contribution is -2.49. The summed E-state index contributed by atoms with van der Waals surface area (Å²) >= 11 is 0. The second-order valence-electron chi connectivity index (χ2n) is 5.97. The zero-order chi connectivity index (χ0) is 20.6. The average Bonchev–Trinajstić information content (AvgIpc) is 2.72. The normalized spacial score (nSPS) is 12.4. The standard InChI is InChI=1S/C21H21F2NO4/c1-27-17-10-8-15(9-11-17)12-13-21(22,23)20(26)24-18(19(25)28-2)14-16-6-4-3-5-7-16/h3-13,18H,14H2,1-2H3,(H,24,26)/b13-12+/t18-/m0/s1. The van der Waals surface area contributed by atoms with Crippen molar-refractivity contribution in [2.45, 2.75) is 18.4 Å². The average molecular weight is 389 g/mol. The number of halogens is 2. The topological polar surface area (TPSA) is 64.6 Å². The number of ether oxygens (including phenoxy) is 2. The molecule has 2 aromatic carbocycles. The van der Waals surface area contributed by atoms with Gasteiger partial charge in [0.25, 0.3) is 5.91 Å². The van der Waals surface area contributed by atoms with Crippen molar-refractivity contribution in [3.8, 4) is 5.75 Å². The fourth-order valence-corrected chi connectivity index (χ4v) is 2.43. The molecule has 1 atom stereocenters. The summed E-state index contributed by atoms with van der Waals surface area (Å²) in [4.78, 5) is 24.0. The van der Waals surface area contributed by atoms with Gasteiger partial charge in [-0.05, 0) is 29.3 Å². The first-order valence-electron chi connectivity index (χ1n) is 8.49. The predicted molar refractivity (Wildman–Crippen MR) is 101 cm³/mol. The third kappa shape index (κ3) is 5.90. The van der Waals surface area contributed by atoms with Crippen LogP contribution in [0.1, 0.15) is 11.1 Å². The lowest BCUT2D eigenvalue weighted by Gasteiger charge is -2.19. The Morgan fingerprint density at radius 2 is 1.71 bits per heavy atom. The molecule has 0 saturated heterocycles. The number of hydrogen-bond acceptors (Lipinski definition) is 4. The van der Waals surface area contributed by atoms with Crippen molar-refractivity contribution < 1.29 is 27.8 Å². The number of carbonyl (C=O) groups is 2. The summed E-state index contributed by atoms with van der Waals surface area (Å²) in [7, 11) is 2.63. The van der Waals surface area contributed by atoms with Gasteiger partial charge in [-0.3, -0.25) is 4.79 Å². The number of hydrogen-bond donors (Lipinski definition) is 1. The number of rotatable bonds is 8. The minimum Gasteiger partial charge on any atom is -0.497 e. The van der Waals surface area contributed by atoms with Gasteiger partial charge in [0.15, 0.2) is 0 Å². The van der Waals surface area contributed by atoms with E-state index in [1.165, 1.54) is 7.11 Å². The van der Waals surface area contributed by atoms with Crippen molar-refractivity contribution in [3.05, 3.63) is 71.8 Å². The van der Waals surface area contributed by atoms with Crippen LogP contribution in [0.3, 0.4) is 0 Å². The first-order chi connectivity index (χ1) is 13.4. The smallest absolute Gasteiger partial charge is 0.343 e. The van der Waals surface area contributed by atoms with Gasteiger partial charge in [-0.25, -0.2) is 4.79 Å². The molecule has 5 nitrogen and oxygen atoms in total. The van der Waals surface area contributed by atoms with Crippen LogP contribution in [0.4, 0.5) is 8.78 Å². The molecule has 0 saturated carbocycles. The van der Waals surface area contributed by atoms with Crippen LogP contribution in [0.15, 0.2) is 60.7 Å². The molecule has 0 aliphatic heterocycles. The summed E-state index contributed by atoms with van der Waals surface area (Å²) in [6.45, 7) is 0. The number of methoxy groups -OCH3 is 2. The Labute approximate surface area is 162 Å². The first-order valence-corrected chi connectivity index (χ1v) is 8.49. The molecule has 1 amide bonds. The fourth-order valence-electron chi connectivity index (χ4n) is 2.43. The van der Waals surface area contributed by atoms with Crippen molar-refractivity contribution in [2.24, 2.45) is 0 Å². The maximum Gasteiger partial charge on any atom is 0.343 e. The third-order valence-corrected chi connectivity index (χ3v) is 3.98. The van der Waals surface area contributed by atoms with E-state index in [1.54, 1.807) is 54.6 Å². The van der Waals surface area contributed by atoms with E-state index in [2.05, 4.69) is 10.1 Å². The molecule has 0 heterocycles. The lowest BCUT2D eigenvalue weighted by molar-refractivity contribution is -0.149. The maximum atomic E-state index is 14.2. The van der Waals surface area contributed by atoms with Gasteiger partial charge in [0.1, 0.15) is 11.8 Å². The van der Waals surface area contributed by atoms with E-state index in [4.69, 9.17) is 4.74 Å². The van der Waals surface area contributed by atoms with Gasteiger partial charge in [0.05, 0.1) is 14.2 Å². The van der Waals surface area contributed by atoms with Crippen LogP contribution in [0.25, 0.3) is 6.08 Å². The molecule has 0 aromatic heterocycles. The second kappa shape index (κ2) is 9.64. The third-order valence-electron chi connectivity index (χ3n) is 3.98. The zero-order valence-electron chi connectivity index (χ0n) is 15.5. The fraction of sp³-hybridized carbons (Fsp3) is 0.238. The molecule has 7 heteroatoms. The highest BCUT2D eigenvalue weighted by Crippen LogP contribution is 2.20. The van der Waals surface area contributed by atoms with Gasteiger partial charge in [-0.1, -0.05) is 48.5 Å². The number of amides is 1. The number of nitrogens with one attached hydrogen (secondary N) is 1. The van der Waals surface area contributed by atoms with Crippen LogP contribution in [0.2, 0.25) is 0 Å². The van der Waals surface area contributed by atoms with E-state index >= 15 is 0 Å². The molecule has 2 aromatic rings. The summed E-state index contributed by atoms with van der Waals surface area (Å²) in [5, 5.41) is 2.08. The van der Waals surface area contributed by atoms with Crippen LogP contribution in [0.5, 0.6) is 5.75 Å². The quantitative estimate of drug-likeness (QED) is 0.704. The Hall–Kier alpha value is -3.22. The molecule has 1 N–H and O–H groups in total. The van der Waals surface area contributed by atoms with E-state index in [0.29, 0.717) is 23.0 Å². The van der Waals surface area contributed by atoms with E-state index in [9.17, 15) is 18.4 Å². The first kappa shape index (κ1) is 21.1. The van der Waals surface area contributed by atoms with Gasteiger partial charge < -0.3 is 14.8 Å². The number of alkyl halides is 2. The Morgan fingerprint density at radius 3 is 2.29 bits per heavy atom. The molecule has 0 bridgehead atoms. The van der Waals surface area contributed by atoms with E-state index in [1.807, 2.05) is 0 Å². The van der Waals surface area contributed by atoms with Crippen molar-refractivity contribution >= 4 is 18.0 Å². The summed E-state index contributed by atoms with van der Waals surface area (Å²) in [5.41, 5.74) is 1.18. The van der Waals surface area contributed by atoms with Gasteiger partial charge in [0.2, 0.25) is 0 Å². The lowest BCUT2D eigenvalue weighted by atomic mass is 10.1. The highest BCUT2D eigenvalue weighted by atomic mass is 19.3. The number of esters is 1. The SMILES string of the molecule is COC(=O)[C@H](Cc1ccccc1)NC(=O)C(F)(F)/C=C/c1ccc(OC)cc1. The minimum absolute atomic E-state index is 0.0392. The molecule has 0 fully saturated rings. The molecular weight excluding hydrogens is 368 g/mol. The van der Waals surface area contributed by atoms with Crippen molar-refractivity contribution in [3.63, 3.8) is 0 Å². The Bertz CT molecular complexity index is 820. The van der Waals surface area contributed by atoms with Gasteiger partial charge in [-0.2, -0.15) is 8.78 Å². The zero-order valence-corrected chi connectivity index (χ0v) is 15.5.